The Bertz CT molecular complexity index is 707. The van der Waals surface area contributed by atoms with Gasteiger partial charge in [-0.05, 0) is 43.0 Å². The Morgan fingerprint density at radius 3 is 2.63 bits per heavy atom. The van der Waals surface area contributed by atoms with E-state index < -0.39 is 35.6 Å². The van der Waals surface area contributed by atoms with Gasteiger partial charge in [0.05, 0.1) is 11.5 Å². The molecule has 2 atom stereocenters. The van der Waals surface area contributed by atoms with Crippen molar-refractivity contribution in [2.75, 3.05) is 13.2 Å². The standard InChI is InChI=1S/C16H22F4N2O3S.ClH/c17-15(18)16(19,20)10-25-9-11-3-1-5-13(7-11)26(23,24)22-14-6-2-4-12(14)8-21;/h1,3,5,7,12,14-15,22H,2,4,6,8-10,21H2;1H. The number of rotatable bonds is 9. The lowest BCUT2D eigenvalue weighted by Crippen LogP contribution is -2.39. The molecule has 0 aliphatic heterocycles. The summed E-state index contributed by atoms with van der Waals surface area (Å²) < 4.78 is 82.1. The molecule has 0 spiro atoms. The topological polar surface area (TPSA) is 81.4 Å². The van der Waals surface area contributed by atoms with E-state index in [1.807, 2.05) is 0 Å². The maximum atomic E-state index is 12.8. The van der Waals surface area contributed by atoms with E-state index >= 15 is 0 Å². The van der Waals surface area contributed by atoms with Gasteiger partial charge >= 0.3 is 12.3 Å². The molecule has 1 aromatic rings. The van der Waals surface area contributed by atoms with Crippen molar-refractivity contribution in [1.29, 1.82) is 0 Å². The molecule has 1 aromatic carbocycles. The highest BCUT2D eigenvalue weighted by Gasteiger charge is 2.41. The van der Waals surface area contributed by atoms with Crippen LogP contribution in [0.3, 0.4) is 0 Å². The van der Waals surface area contributed by atoms with Crippen LogP contribution >= 0.6 is 12.4 Å². The van der Waals surface area contributed by atoms with Gasteiger partial charge in [0.1, 0.15) is 6.61 Å². The van der Waals surface area contributed by atoms with Crippen molar-refractivity contribution in [2.45, 2.75) is 49.2 Å². The summed E-state index contributed by atoms with van der Waals surface area (Å²) in [5, 5.41) is 0. The Morgan fingerprint density at radius 2 is 2.00 bits per heavy atom. The molecular formula is C16H23ClF4N2O3S. The van der Waals surface area contributed by atoms with E-state index in [0.717, 1.165) is 12.8 Å². The first-order valence-corrected chi connectivity index (χ1v) is 9.69. The van der Waals surface area contributed by atoms with Crippen molar-refractivity contribution in [2.24, 2.45) is 11.7 Å². The fraction of sp³-hybridized carbons (Fsp3) is 0.625. The number of nitrogens with one attached hydrogen (secondary N) is 1. The number of alkyl halides is 4. The minimum atomic E-state index is -4.25. The maximum absolute atomic E-state index is 12.8. The first-order chi connectivity index (χ1) is 12.2. The molecular weight excluding hydrogens is 412 g/mol. The molecule has 5 nitrogen and oxygen atoms in total. The van der Waals surface area contributed by atoms with E-state index in [9.17, 15) is 26.0 Å². The fourth-order valence-electron chi connectivity index (χ4n) is 2.91. The number of hydrogen-bond acceptors (Lipinski definition) is 4. The molecule has 0 radical (unpaired) electrons. The van der Waals surface area contributed by atoms with Gasteiger partial charge in [-0.3, -0.25) is 0 Å². The second-order valence-electron chi connectivity index (χ2n) is 6.36. The Balaban J connectivity index is 0.00000364. The van der Waals surface area contributed by atoms with E-state index in [1.165, 1.54) is 24.3 Å². The first-order valence-electron chi connectivity index (χ1n) is 8.21. The molecule has 1 saturated carbocycles. The molecule has 1 aliphatic carbocycles. The zero-order valence-electron chi connectivity index (χ0n) is 14.4. The maximum Gasteiger partial charge on any atom is 0.330 e. The van der Waals surface area contributed by atoms with Crippen LogP contribution in [-0.2, 0) is 21.4 Å². The van der Waals surface area contributed by atoms with Gasteiger partial charge in [0, 0.05) is 6.04 Å². The molecule has 2 rings (SSSR count). The van der Waals surface area contributed by atoms with Crippen molar-refractivity contribution in [3.8, 4) is 0 Å². The smallest absolute Gasteiger partial charge is 0.330 e. The Morgan fingerprint density at radius 1 is 1.30 bits per heavy atom. The normalized spacial score (nSPS) is 20.7. The van der Waals surface area contributed by atoms with Gasteiger partial charge < -0.3 is 10.5 Å². The molecule has 1 fully saturated rings. The van der Waals surface area contributed by atoms with Gasteiger partial charge in [-0.15, -0.1) is 12.4 Å². The third kappa shape index (κ3) is 6.56. The highest BCUT2D eigenvalue weighted by molar-refractivity contribution is 7.89. The number of nitrogens with two attached hydrogens (primary N) is 1. The van der Waals surface area contributed by atoms with Crippen LogP contribution in [-0.4, -0.2) is 40.0 Å². The van der Waals surface area contributed by atoms with E-state index in [0.29, 0.717) is 18.5 Å². The van der Waals surface area contributed by atoms with E-state index in [4.69, 9.17) is 5.73 Å². The van der Waals surface area contributed by atoms with Gasteiger partial charge in [0.25, 0.3) is 0 Å². The van der Waals surface area contributed by atoms with Gasteiger partial charge in [0.15, 0.2) is 0 Å². The minimum Gasteiger partial charge on any atom is -0.370 e. The van der Waals surface area contributed by atoms with Crippen LogP contribution in [0.1, 0.15) is 24.8 Å². The molecule has 0 aromatic heterocycles. The van der Waals surface area contributed by atoms with Crippen molar-refractivity contribution >= 4 is 22.4 Å². The van der Waals surface area contributed by atoms with Crippen LogP contribution in [0.5, 0.6) is 0 Å². The largest absolute Gasteiger partial charge is 0.370 e. The monoisotopic (exact) mass is 434 g/mol. The van der Waals surface area contributed by atoms with Crippen LogP contribution in [0.25, 0.3) is 0 Å². The quantitative estimate of drug-likeness (QED) is 0.585. The van der Waals surface area contributed by atoms with Crippen molar-refractivity contribution in [3.63, 3.8) is 0 Å². The summed E-state index contributed by atoms with van der Waals surface area (Å²) in [6.45, 7) is -1.46. The van der Waals surface area contributed by atoms with Crippen LogP contribution in [0, 0.1) is 5.92 Å². The van der Waals surface area contributed by atoms with Crippen LogP contribution in [0.4, 0.5) is 17.6 Å². The zero-order valence-corrected chi connectivity index (χ0v) is 16.0. The molecule has 27 heavy (non-hydrogen) atoms. The second-order valence-corrected chi connectivity index (χ2v) is 8.07. The van der Waals surface area contributed by atoms with Crippen molar-refractivity contribution in [3.05, 3.63) is 29.8 Å². The Hall–Kier alpha value is -0.940. The van der Waals surface area contributed by atoms with Crippen LogP contribution in [0.2, 0.25) is 0 Å². The zero-order chi connectivity index (χ0) is 19.4. The third-order valence-corrected chi connectivity index (χ3v) is 5.85. The second kappa shape index (κ2) is 10.0. The number of benzene rings is 1. The average Bonchev–Trinajstić information content (AvgIpc) is 3.01. The third-order valence-electron chi connectivity index (χ3n) is 4.36. The molecule has 2 unspecified atom stereocenters. The summed E-state index contributed by atoms with van der Waals surface area (Å²) >= 11 is 0. The van der Waals surface area contributed by atoms with E-state index in [-0.39, 0.29) is 29.3 Å². The summed E-state index contributed by atoms with van der Waals surface area (Å²) in [5.41, 5.74) is 5.94. The summed E-state index contributed by atoms with van der Waals surface area (Å²) in [7, 11) is -3.81. The van der Waals surface area contributed by atoms with Gasteiger partial charge in [-0.1, -0.05) is 18.6 Å². The van der Waals surface area contributed by atoms with E-state index in [1.54, 1.807) is 0 Å². The molecule has 1 aliphatic rings. The highest BCUT2D eigenvalue weighted by Crippen LogP contribution is 2.27. The van der Waals surface area contributed by atoms with Gasteiger partial charge in [-0.2, -0.15) is 8.78 Å². The number of hydrogen-bond donors (Lipinski definition) is 2. The van der Waals surface area contributed by atoms with Crippen LogP contribution < -0.4 is 10.5 Å². The molecule has 11 heteroatoms. The number of sulfonamides is 1. The molecule has 3 N–H and O–H groups in total. The molecule has 0 saturated heterocycles. The van der Waals surface area contributed by atoms with Gasteiger partial charge in [0.2, 0.25) is 10.0 Å². The van der Waals surface area contributed by atoms with Crippen molar-refractivity contribution in [1.82, 2.24) is 4.72 Å². The Kier molecular flexibility index (Phi) is 8.94. The summed E-state index contributed by atoms with van der Waals surface area (Å²) in [6.07, 6.45) is -1.37. The van der Waals surface area contributed by atoms with Gasteiger partial charge in [-0.25, -0.2) is 21.9 Å². The highest BCUT2D eigenvalue weighted by atomic mass is 35.5. The molecule has 0 bridgehead atoms. The minimum absolute atomic E-state index is 0. The SMILES string of the molecule is Cl.NCC1CCCC1NS(=O)(=O)c1cccc(COCC(F)(F)C(F)F)c1. The molecule has 156 valence electrons. The summed E-state index contributed by atoms with van der Waals surface area (Å²) in [4.78, 5) is -0.0399. The first kappa shape index (κ1) is 24.1. The van der Waals surface area contributed by atoms with Crippen LogP contribution in [0.15, 0.2) is 29.2 Å². The number of halogens is 5. The van der Waals surface area contributed by atoms with E-state index in [2.05, 4.69) is 9.46 Å². The van der Waals surface area contributed by atoms with Crippen molar-refractivity contribution < 1.29 is 30.7 Å². The summed E-state index contributed by atoms with van der Waals surface area (Å²) in [5.74, 6) is -4.17. The summed E-state index contributed by atoms with van der Waals surface area (Å²) in [6, 6.07) is 5.31. The predicted octanol–water partition coefficient (Wildman–Crippen LogP) is 2.93. The fourth-order valence-corrected chi connectivity index (χ4v) is 4.32. The Labute approximate surface area is 162 Å². The molecule has 0 amide bonds. The lowest BCUT2D eigenvalue weighted by molar-refractivity contribution is -0.168. The predicted molar refractivity (Wildman–Crippen MR) is 94.8 cm³/mol. The number of ether oxygens (including phenoxy) is 1. The lowest BCUT2D eigenvalue weighted by Gasteiger charge is -2.19. The average molecular weight is 435 g/mol. The molecule has 0 heterocycles. The lowest BCUT2D eigenvalue weighted by atomic mass is 10.1.